The highest BCUT2D eigenvalue weighted by Crippen LogP contribution is 2.57. The minimum Gasteiger partial charge on any atom is -0.400 e. The Kier molecular flexibility index (Phi) is 7.51. The molecule has 2 N–H and O–H groups in total. The van der Waals surface area contributed by atoms with E-state index in [9.17, 15) is 36.8 Å². The fourth-order valence-corrected chi connectivity index (χ4v) is 6.91. The maximum absolute atomic E-state index is 14.7. The standard InChI is InChI=1S/C34H30F5N5O2/c1-32(13-20-7-8-23(34(37,38)39)12-24(20)22-11-19(15-40)16-42-17-22)14-25(32)29(45)27-30(41)33(2)9-4-10-44(33)43(31(27)46)18-21-5-3-6-26(35)28(21)36/h3,5-8,11-12,16-17,25H,4,9-10,13-14,18,41H2,1-2H3/t25?,32-,33?/m1/s1. The average molecular weight is 636 g/mol. The van der Waals surface area contributed by atoms with Crippen LogP contribution in [0, 0.1) is 34.3 Å². The Morgan fingerprint density at radius 2 is 1.89 bits per heavy atom. The summed E-state index contributed by atoms with van der Waals surface area (Å²) in [6.07, 6.45) is -0.155. The van der Waals surface area contributed by atoms with Gasteiger partial charge in [-0.1, -0.05) is 25.1 Å². The van der Waals surface area contributed by atoms with Crippen molar-refractivity contribution in [1.29, 1.82) is 5.26 Å². The van der Waals surface area contributed by atoms with Crippen LogP contribution in [-0.4, -0.2) is 38.8 Å². The molecule has 46 heavy (non-hydrogen) atoms. The van der Waals surface area contributed by atoms with Gasteiger partial charge in [0.05, 0.1) is 23.2 Å². The SMILES string of the molecule is CC12CCCN1N(Cc1cccc(F)c1F)C(=O)C(C(=O)C1C[C@@]1(C)Cc1ccc(C(F)(F)F)cc1-c1cncc(C#N)c1)=C2N. The van der Waals surface area contributed by atoms with Crippen LogP contribution < -0.4 is 5.73 Å². The van der Waals surface area contributed by atoms with Crippen LogP contribution in [0.5, 0.6) is 0 Å². The molecule has 1 amide bonds. The molecule has 2 aromatic carbocycles. The lowest BCUT2D eigenvalue weighted by Crippen LogP contribution is -2.61. The van der Waals surface area contributed by atoms with E-state index >= 15 is 0 Å². The fraction of sp³-hybridized carbons (Fsp3) is 0.353. The number of hydrazine groups is 1. The van der Waals surface area contributed by atoms with Gasteiger partial charge in [0, 0.05) is 41.7 Å². The Morgan fingerprint density at radius 3 is 2.61 bits per heavy atom. The molecule has 0 bridgehead atoms. The maximum Gasteiger partial charge on any atom is 0.416 e. The van der Waals surface area contributed by atoms with Crippen molar-refractivity contribution in [3.8, 4) is 17.2 Å². The van der Waals surface area contributed by atoms with Crippen LogP contribution in [-0.2, 0) is 28.7 Å². The van der Waals surface area contributed by atoms with Gasteiger partial charge in [-0.15, -0.1) is 0 Å². The molecule has 2 fully saturated rings. The molecular formula is C34H30F5N5O2. The third kappa shape index (κ3) is 5.22. The summed E-state index contributed by atoms with van der Waals surface area (Å²) >= 11 is 0. The summed E-state index contributed by atoms with van der Waals surface area (Å²) in [5, 5.41) is 12.3. The number of halogens is 5. The summed E-state index contributed by atoms with van der Waals surface area (Å²) in [4.78, 5) is 32.1. The molecule has 3 aliphatic rings. The van der Waals surface area contributed by atoms with Gasteiger partial charge in [0.15, 0.2) is 17.4 Å². The quantitative estimate of drug-likeness (QED) is 0.250. The summed E-state index contributed by atoms with van der Waals surface area (Å²) < 4.78 is 69.8. The maximum atomic E-state index is 14.7. The largest absolute Gasteiger partial charge is 0.416 e. The minimum atomic E-state index is -4.61. The van der Waals surface area contributed by atoms with E-state index in [0.29, 0.717) is 36.9 Å². The van der Waals surface area contributed by atoms with Crippen molar-refractivity contribution in [3.63, 3.8) is 0 Å². The van der Waals surface area contributed by atoms with Gasteiger partial charge < -0.3 is 5.73 Å². The molecule has 2 unspecified atom stereocenters. The van der Waals surface area contributed by atoms with E-state index in [-0.39, 0.29) is 40.9 Å². The number of nitrogens with zero attached hydrogens (tertiary/aromatic N) is 4. The van der Waals surface area contributed by atoms with E-state index in [1.807, 2.05) is 19.9 Å². The smallest absolute Gasteiger partial charge is 0.400 e. The molecule has 3 aromatic rings. The number of fused-ring (bicyclic) bond motifs is 1. The van der Waals surface area contributed by atoms with Gasteiger partial charge in [-0.2, -0.15) is 18.4 Å². The van der Waals surface area contributed by atoms with Crippen molar-refractivity contribution < 1.29 is 31.5 Å². The van der Waals surface area contributed by atoms with Crippen molar-refractivity contribution in [1.82, 2.24) is 15.0 Å². The topological polar surface area (TPSA) is 103 Å². The first kappa shape index (κ1) is 31.4. The monoisotopic (exact) mass is 635 g/mol. The molecule has 238 valence electrons. The van der Waals surface area contributed by atoms with Gasteiger partial charge in [-0.05, 0) is 73.4 Å². The highest BCUT2D eigenvalue weighted by atomic mass is 19.4. The zero-order valence-corrected chi connectivity index (χ0v) is 25.1. The second kappa shape index (κ2) is 11.0. The molecule has 3 heterocycles. The number of alkyl halides is 3. The zero-order valence-electron chi connectivity index (χ0n) is 25.1. The normalized spacial score (nSPS) is 24.6. The van der Waals surface area contributed by atoms with Crippen LogP contribution in [0.15, 0.2) is 66.1 Å². The molecule has 2 aliphatic heterocycles. The number of hydrogen-bond donors (Lipinski definition) is 1. The second-order valence-electron chi connectivity index (χ2n) is 12.8. The number of carbonyl (C=O) groups is 2. The van der Waals surface area contributed by atoms with E-state index in [2.05, 4.69) is 4.98 Å². The number of Topliss-reactive ketones (excluding diaryl/α,β-unsaturated/α-hetero) is 1. The molecule has 0 spiro atoms. The van der Waals surface area contributed by atoms with Crippen LogP contribution in [0.2, 0.25) is 0 Å². The lowest BCUT2D eigenvalue weighted by atomic mass is 9.84. The molecule has 3 atom stereocenters. The molecule has 7 nitrogen and oxygen atoms in total. The van der Waals surface area contributed by atoms with E-state index in [4.69, 9.17) is 5.73 Å². The van der Waals surface area contributed by atoms with Gasteiger partial charge in [0.25, 0.3) is 5.91 Å². The lowest BCUT2D eigenvalue weighted by molar-refractivity contribution is -0.157. The summed E-state index contributed by atoms with van der Waals surface area (Å²) in [6.45, 7) is 3.78. The first-order chi connectivity index (χ1) is 21.7. The number of amides is 1. The van der Waals surface area contributed by atoms with Gasteiger partial charge in [0.1, 0.15) is 11.6 Å². The number of nitrogens with two attached hydrogens (primary N) is 1. The van der Waals surface area contributed by atoms with Crippen molar-refractivity contribution in [2.75, 3.05) is 6.54 Å². The average Bonchev–Trinajstić information content (AvgIpc) is 3.52. The van der Waals surface area contributed by atoms with Gasteiger partial charge in [-0.3, -0.25) is 19.6 Å². The minimum absolute atomic E-state index is 0.0454. The van der Waals surface area contributed by atoms with Crippen LogP contribution in [0.4, 0.5) is 22.0 Å². The first-order valence-electron chi connectivity index (χ1n) is 14.8. The molecular weight excluding hydrogens is 605 g/mol. The van der Waals surface area contributed by atoms with Crippen LogP contribution in [0.3, 0.4) is 0 Å². The number of benzene rings is 2. The Bertz CT molecular complexity index is 1850. The van der Waals surface area contributed by atoms with Crippen molar-refractivity contribution >= 4 is 11.7 Å². The van der Waals surface area contributed by atoms with Crippen molar-refractivity contribution in [2.45, 2.75) is 57.8 Å². The molecule has 0 radical (unpaired) electrons. The number of aromatic nitrogens is 1. The van der Waals surface area contributed by atoms with Crippen molar-refractivity contribution in [3.05, 3.63) is 100 Å². The lowest BCUT2D eigenvalue weighted by Gasteiger charge is -2.47. The Labute approximate surface area is 262 Å². The number of rotatable bonds is 7. The van der Waals surface area contributed by atoms with Crippen LogP contribution >= 0.6 is 0 Å². The molecule has 1 aromatic heterocycles. The number of pyridine rings is 1. The number of nitriles is 1. The second-order valence-corrected chi connectivity index (χ2v) is 12.8. The molecule has 12 heteroatoms. The van der Waals surface area contributed by atoms with E-state index in [1.165, 1.54) is 41.7 Å². The summed E-state index contributed by atoms with van der Waals surface area (Å²) in [7, 11) is 0. The third-order valence-corrected chi connectivity index (χ3v) is 9.67. The highest BCUT2D eigenvalue weighted by molar-refractivity contribution is 6.22. The Hall–Kier alpha value is -4.63. The molecule has 1 saturated carbocycles. The summed E-state index contributed by atoms with van der Waals surface area (Å²) in [6, 6.07) is 10.5. The summed E-state index contributed by atoms with van der Waals surface area (Å²) in [5.74, 6) is -3.97. The first-order valence-corrected chi connectivity index (χ1v) is 14.8. The van der Waals surface area contributed by atoms with Crippen LogP contribution in [0.1, 0.15) is 55.4 Å². The van der Waals surface area contributed by atoms with E-state index in [1.54, 1.807) is 5.01 Å². The number of ketones is 1. The summed E-state index contributed by atoms with van der Waals surface area (Å²) in [5.41, 5.74) is 5.28. The highest BCUT2D eigenvalue weighted by Gasteiger charge is 2.59. The zero-order chi connectivity index (χ0) is 33.2. The van der Waals surface area contributed by atoms with Crippen molar-refractivity contribution in [2.24, 2.45) is 17.1 Å². The number of hydrogen-bond acceptors (Lipinski definition) is 6. The van der Waals surface area contributed by atoms with Gasteiger partial charge >= 0.3 is 6.18 Å². The van der Waals surface area contributed by atoms with Crippen LogP contribution in [0.25, 0.3) is 11.1 Å². The Morgan fingerprint density at radius 1 is 1.13 bits per heavy atom. The fourth-order valence-electron chi connectivity index (χ4n) is 6.91. The van der Waals surface area contributed by atoms with E-state index < -0.39 is 51.9 Å². The predicted molar refractivity (Wildman–Crippen MR) is 157 cm³/mol. The molecule has 1 saturated heterocycles. The Balaban J connectivity index is 1.32. The number of carbonyl (C=O) groups excluding carboxylic acids is 2. The third-order valence-electron chi connectivity index (χ3n) is 9.67. The van der Waals surface area contributed by atoms with Gasteiger partial charge in [-0.25, -0.2) is 13.8 Å². The van der Waals surface area contributed by atoms with Gasteiger partial charge in [0.2, 0.25) is 0 Å². The predicted octanol–water partition coefficient (Wildman–Crippen LogP) is 6.08. The molecule has 6 rings (SSSR count). The molecule has 1 aliphatic carbocycles. The van der Waals surface area contributed by atoms with E-state index in [0.717, 1.165) is 18.2 Å².